The summed E-state index contributed by atoms with van der Waals surface area (Å²) in [5, 5.41) is 0. The summed E-state index contributed by atoms with van der Waals surface area (Å²) in [4.78, 5) is 4.80. The third-order valence-electron chi connectivity index (χ3n) is 3.30. The van der Waals surface area contributed by atoms with E-state index in [0.717, 1.165) is 51.2 Å². The van der Waals surface area contributed by atoms with Crippen molar-refractivity contribution in [1.82, 2.24) is 9.55 Å². The Bertz CT molecular complexity index is 633. The molecule has 114 valence electrons. The summed E-state index contributed by atoms with van der Waals surface area (Å²) < 4.78 is 4.20. The molecule has 2 aromatic rings. The summed E-state index contributed by atoms with van der Waals surface area (Å²) in [5.41, 5.74) is 8.30. The minimum absolute atomic E-state index is 0.543. The Labute approximate surface area is 143 Å². The van der Waals surface area contributed by atoms with Crippen molar-refractivity contribution in [3.8, 4) is 11.3 Å². The molecule has 5 heteroatoms. The fourth-order valence-electron chi connectivity index (χ4n) is 2.35. The van der Waals surface area contributed by atoms with Gasteiger partial charge in [0, 0.05) is 27.5 Å². The smallest absolute Gasteiger partial charge is 0.131 e. The number of anilines is 1. The van der Waals surface area contributed by atoms with Crippen LogP contribution < -0.4 is 5.73 Å². The van der Waals surface area contributed by atoms with E-state index >= 15 is 0 Å². The van der Waals surface area contributed by atoms with E-state index in [1.165, 1.54) is 0 Å². The zero-order chi connectivity index (χ0) is 15.6. The average molecular weight is 415 g/mol. The number of nitrogens with two attached hydrogens (primary N) is 1. The molecule has 1 aromatic heterocycles. The van der Waals surface area contributed by atoms with Crippen LogP contribution >= 0.6 is 31.9 Å². The van der Waals surface area contributed by atoms with Crippen LogP contribution in [0.15, 0.2) is 27.1 Å². The number of nitrogens with zero attached hydrogens (tertiary/aromatic N) is 2. The molecule has 0 aliphatic heterocycles. The fourth-order valence-corrected chi connectivity index (χ4v) is 2.98. The van der Waals surface area contributed by atoms with Gasteiger partial charge in [0.1, 0.15) is 17.3 Å². The second kappa shape index (κ2) is 6.97. The number of aryl methyl sites for hydroxylation is 1. The lowest BCUT2D eigenvalue weighted by Crippen LogP contribution is -2.11. The Morgan fingerprint density at radius 3 is 2.52 bits per heavy atom. The van der Waals surface area contributed by atoms with Gasteiger partial charge in [-0.15, -0.1) is 0 Å². The number of imidazole rings is 1. The van der Waals surface area contributed by atoms with Crippen LogP contribution in [0.25, 0.3) is 11.3 Å². The van der Waals surface area contributed by atoms with Gasteiger partial charge in [0.25, 0.3) is 0 Å². The highest BCUT2D eigenvalue weighted by Gasteiger charge is 2.17. The summed E-state index contributed by atoms with van der Waals surface area (Å²) in [5.74, 6) is 2.39. The number of hydrogen-bond acceptors (Lipinski definition) is 2. The Balaban J connectivity index is 2.50. The monoisotopic (exact) mass is 413 g/mol. The Morgan fingerprint density at radius 2 is 1.95 bits per heavy atom. The number of nitrogen functional groups attached to an aromatic ring is 1. The molecule has 0 saturated heterocycles. The van der Waals surface area contributed by atoms with Crippen LogP contribution in [-0.2, 0) is 13.0 Å². The van der Waals surface area contributed by atoms with Crippen LogP contribution in [0.5, 0.6) is 0 Å². The lowest BCUT2D eigenvalue weighted by Gasteiger charge is -2.12. The van der Waals surface area contributed by atoms with Gasteiger partial charge < -0.3 is 10.3 Å². The maximum absolute atomic E-state index is 6.38. The van der Waals surface area contributed by atoms with Gasteiger partial charge in [0.15, 0.2) is 0 Å². The first-order valence-electron chi connectivity index (χ1n) is 7.24. The van der Waals surface area contributed by atoms with E-state index in [1.54, 1.807) is 0 Å². The van der Waals surface area contributed by atoms with E-state index in [9.17, 15) is 0 Å². The van der Waals surface area contributed by atoms with E-state index in [1.807, 2.05) is 12.1 Å². The third-order valence-corrected chi connectivity index (χ3v) is 5.18. The number of aromatic nitrogens is 2. The van der Waals surface area contributed by atoms with Gasteiger partial charge >= 0.3 is 0 Å². The third kappa shape index (κ3) is 3.69. The summed E-state index contributed by atoms with van der Waals surface area (Å²) in [6, 6.07) is 6.11. The molecule has 0 bridgehead atoms. The van der Waals surface area contributed by atoms with Gasteiger partial charge in [-0.05, 0) is 56.3 Å². The van der Waals surface area contributed by atoms with Gasteiger partial charge in [-0.25, -0.2) is 4.98 Å². The zero-order valence-electron chi connectivity index (χ0n) is 12.7. The zero-order valence-corrected chi connectivity index (χ0v) is 15.8. The highest BCUT2D eigenvalue weighted by atomic mass is 79.9. The molecule has 0 radical (unpaired) electrons. The molecule has 0 saturated carbocycles. The predicted octanol–water partition coefficient (Wildman–Crippen LogP) is 5.27. The summed E-state index contributed by atoms with van der Waals surface area (Å²) >= 11 is 7.04. The molecule has 0 fully saturated rings. The number of halogens is 2. The van der Waals surface area contributed by atoms with Crippen LogP contribution in [0, 0.1) is 5.92 Å². The van der Waals surface area contributed by atoms with E-state index in [2.05, 4.69) is 63.3 Å². The molecule has 0 aliphatic rings. The summed E-state index contributed by atoms with van der Waals surface area (Å²) in [6.45, 7) is 7.47. The topological polar surface area (TPSA) is 43.8 Å². The van der Waals surface area contributed by atoms with Crippen molar-refractivity contribution in [3.05, 3.63) is 33.0 Å². The van der Waals surface area contributed by atoms with Crippen LogP contribution in [0.4, 0.5) is 5.82 Å². The first-order valence-corrected chi connectivity index (χ1v) is 8.82. The molecule has 0 amide bonds. The Hall–Kier alpha value is -0.810. The maximum atomic E-state index is 6.38. The maximum Gasteiger partial charge on any atom is 0.131 e. The van der Waals surface area contributed by atoms with Crippen LogP contribution in [-0.4, -0.2) is 9.55 Å². The molecule has 0 atom stereocenters. The van der Waals surface area contributed by atoms with E-state index < -0.39 is 0 Å². The largest absolute Gasteiger partial charge is 0.383 e. The lowest BCUT2D eigenvalue weighted by molar-refractivity contribution is 0.510. The van der Waals surface area contributed by atoms with Crippen molar-refractivity contribution in [1.29, 1.82) is 0 Å². The fraction of sp³-hybridized carbons (Fsp3) is 0.438. The second-order valence-electron chi connectivity index (χ2n) is 5.65. The van der Waals surface area contributed by atoms with Crippen molar-refractivity contribution >= 4 is 37.7 Å². The van der Waals surface area contributed by atoms with E-state index in [0.29, 0.717) is 5.92 Å². The van der Waals surface area contributed by atoms with Gasteiger partial charge in [0.2, 0.25) is 0 Å². The minimum Gasteiger partial charge on any atom is -0.383 e. The van der Waals surface area contributed by atoms with E-state index in [4.69, 9.17) is 10.7 Å². The second-order valence-corrected chi connectivity index (χ2v) is 7.35. The average Bonchev–Trinajstić information content (AvgIpc) is 2.71. The van der Waals surface area contributed by atoms with Crippen molar-refractivity contribution < 1.29 is 0 Å². The SMILES string of the molecule is CCCc1nc(-c2ccc(Br)c(Br)c2)c(N)n1CC(C)C. The van der Waals surface area contributed by atoms with Gasteiger partial charge in [-0.2, -0.15) is 0 Å². The molecule has 21 heavy (non-hydrogen) atoms. The minimum atomic E-state index is 0.543. The highest BCUT2D eigenvalue weighted by molar-refractivity contribution is 9.13. The first kappa shape index (κ1) is 16.6. The molecular weight excluding hydrogens is 394 g/mol. The molecular formula is C16H21Br2N3. The van der Waals surface area contributed by atoms with E-state index in [-0.39, 0.29) is 0 Å². The molecule has 3 nitrogen and oxygen atoms in total. The molecule has 0 spiro atoms. The summed E-state index contributed by atoms with van der Waals surface area (Å²) in [7, 11) is 0. The predicted molar refractivity (Wildman–Crippen MR) is 96.3 cm³/mol. The van der Waals surface area contributed by atoms with Crippen molar-refractivity contribution in [2.24, 2.45) is 5.92 Å². The standard InChI is InChI=1S/C16H21Br2N3/c1-4-5-14-20-15(16(19)21(14)9-10(2)3)11-6-7-12(17)13(18)8-11/h6-8,10H,4-5,9,19H2,1-3H3. The molecule has 1 aromatic carbocycles. The van der Waals surface area contributed by atoms with Crippen LogP contribution in [0.1, 0.15) is 33.0 Å². The molecule has 2 rings (SSSR count). The first-order chi connectivity index (χ1) is 9.93. The van der Waals surface area contributed by atoms with Crippen LogP contribution in [0.2, 0.25) is 0 Å². The van der Waals surface area contributed by atoms with Gasteiger partial charge in [-0.1, -0.05) is 26.8 Å². The summed E-state index contributed by atoms with van der Waals surface area (Å²) in [6.07, 6.45) is 2.02. The normalized spacial score (nSPS) is 11.3. The van der Waals surface area contributed by atoms with Gasteiger partial charge in [-0.3, -0.25) is 0 Å². The van der Waals surface area contributed by atoms with Crippen molar-refractivity contribution in [3.63, 3.8) is 0 Å². The highest BCUT2D eigenvalue weighted by Crippen LogP contribution is 2.32. The molecule has 1 heterocycles. The Morgan fingerprint density at radius 1 is 1.24 bits per heavy atom. The number of benzene rings is 1. The quantitative estimate of drug-likeness (QED) is 0.724. The Kier molecular flexibility index (Phi) is 5.49. The van der Waals surface area contributed by atoms with Gasteiger partial charge in [0.05, 0.1) is 0 Å². The molecule has 0 aliphatic carbocycles. The van der Waals surface area contributed by atoms with Crippen LogP contribution in [0.3, 0.4) is 0 Å². The molecule has 2 N–H and O–H groups in total. The lowest BCUT2D eigenvalue weighted by atomic mass is 10.1. The molecule has 0 unspecified atom stereocenters. The number of rotatable bonds is 5. The van der Waals surface area contributed by atoms with Crippen molar-refractivity contribution in [2.45, 2.75) is 40.2 Å². The van der Waals surface area contributed by atoms with Crippen molar-refractivity contribution in [2.75, 3.05) is 5.73 Å². The number of hydrogen-bond donors (Lipinski definition) is 1.